The van der Waals surface area contributed by atoms with Gasteiger partial charge in [0.1, 0.15) is 0 Å². The lowest BCUT2D eigenvalue weighted by molar-refractivity contribution is -0.111. The molecule has 3 N–H and O–H groups in total. The van der Waals surface area contributed by atoms with Crippen LogP contribution in [0.4, 0.5) is 5.69 Å². The number of rotatable bonds is 5. The van der Waals surface area contributed by atoms with E-state index in [9.17, 15) is 4.79 Å². The molecule has 1 heterocycles. The van der Waals surface area contributed by atoms with Crippen molar-refractivity contribution in [1.82, 2.24) is 4.98 Å². The van der Waals surface area contributed by atoms with E-state index in [0.717, 1.165) is 27.8 Å². The highest BCUT2D eigenvalue weighted by molar-refractivity contribution is 6.03. The van der Waals surface area contributed by atoms with Crippen LogP contribution in [0.2, 0.25) is 0 Å². The molecule has 0 bridgehead atoms. The minimum Gasteiger partial charge on any atom is -0.396 e. The third kappa shape index (κ3) is 4.86. The van der Waals surface area contributed by atoms with Crippen molar-refractivity contribution in [1.29, 1.82) is 0 Å². The summed E-state index contributed by atoms with van der Waals surface area (Å²) in [4.78, 5) is 15.5. The van der Waals surface area contributed by atoms with Crippen LogP contribution >= 0.6 is 0 Å². The normalized spacial score (nSPS) is 12.0. The maximum absolute atomic E-state index is 12.2. The molecule has 4 heteroatoms. The highest BCUT2D eigenvalue weighted by Gasteiger charge is 2.12. The fourth-order valence-electron chi connectivity index (χ4n) is 2.98. The second-order valence-electron chi connectivity index (χ2n) is 7.76. The third-order valence-electron chi connectivity index (χ3n) is 4.53. The van der Waals surface area contributed by atoms with Crippen LogP contribution in [0.15, 0.2) is 54.6 Å². The van der Waals surface area contributed by atoms with Crippen molar-refractivity contribution in [3.05, 3.63) is 71.4 Å². The molecule has 140 valence electrons. The summed E-state index contributed by atoms with van der Waals surface area (Å²) in [5.74, 6) is -0.166. The summed E-state index contributed by atoms with van der Waals surface area (Å²) < 4.78 is 0. The molecule has 27 heavy (non-hydrogen) atoms. The van der Waals surface area contributed by atoms with Gasteiger partial charge in [0, 0.05) is 41.4 Å². The number of aliphatic hydroxyl groups excluding tert-OH is 1. The number of amides is 1. The number of carbonyl (C=O) groups is 1. The van der Waals surface area contributed by atoms with Gasteiger partial charge in [0.25, 0.3) is 0 Å². The van der Waals surface area contributed by atoms with Gasteiger partial charge in [0.05, 0.1) is 0 Å². The van der Waals surface area contributed by atoms with Gasteiger partial charge in [-0.2, -0.15) is 0 Å². The monoisotopic (exact) mass is 362 g/mol. The van der Waals surface area contributed by atoms with Crippen LogP contribution in [-0.2, 0) is 16.6 Å². The SMILES string of the molecule is CC(C)(C)c1ccc(/C=C/C(=O)Nc2ccc3[nH]c(CCO)cc3c2)cc1. The number of aliphatic hydroxyl groups is 1. The predicted molar refractivity (Wildman–Crippen MR) is 112 cm³/mol. The first-order valence-corrected chi connectivity index (χ1v) is 9.17. The first kappa shape index (κ1) is 18.9. The van der Waals surface area contributed by atoms with Crippen LogP contribution in [0.3, 0.4) is 0 Å². The molecule has 4 nitrogen and oxygen atoms in total. The number of aromatic nitrogens is 1. The molecule has 1 amide bonds. The van der Waals surface area contributed by atoms with E-state index >= 15 is 0 Å². The lowest BCUT2D eigenvalue weighted by Gasteiger charge is -2.18. The Labute approximate surface area is 159 Å². The number of nitrogens with one attached hydrogen (secondary N) is 2. The average Bonchev–Trinajstić information content (AvgIpc) is 3.01. The van der Waals surface area contributed by atoms with Crippen molar-refractivity contribution >= 4 is 28.6 Å². The Morgan fingerprint density at radius 3 is 2.52 bits per heavy atom. The van der Waals surface area contributed by atoms with E-state index in [1.54, 1.807) is 6.08 Å². The minimum absolute atomic E-state index is 0.109. The zero-order valence-electron chi connectivity index (χ0n) is 16.0. The van der Waals surface area contributed by atoms with Crippen molar-refractivity contribution in [3.63, 3.8) is 0 Å². The molecule has 0 fully saturated rings. The van der Waals surface area contributed by atoms with E-state index in [0.29, 0.717) is 6.42 Å². The molecule has 0 radical (unpaired) electrons. The van der Waals surface area contributed by atoms with Gasteiger partial charge < -0.3 is 15.4 Å². The van der Waals surface area contributed by atoms with Gasteiger partial charge in [0.15, 0.2) is 0 Å². The predicted octanol–water partition coefficient (Wildman–Crippen LogP) is 4.65. The molecule has 0 saturated heterocycles. The molecular weight excluding hydrogens is 336 g/mol. The average molecular weight is 362 g/mol. The van der Waals surface area contributed by atoms with Crippen molar-refractivity contribution in [2.45, 2.75) is 32.6 Å². The Hall–Kier alpha value is -2.85. The highest BCUT2D eigenvalue weighted by Crippen LogP contribution is 2.23. The van der Waals surface area contributed by atoms with Gasteiger partial charge in [-0.1, -0.05) is 45.0 Å². The maximum Gasteiger partial charge on any atom is 0.248 e. The van der Waals surface area contributed by atoms with Crippen LogP contribution in [0.5, 0.6) is 0 Å². The molecule has 3 rings (SSSR count). The lowest BCUT2D eigenvalue weighted by atomic mass is 9.87. The van der Waals surface area contributed by atoms with Gasteiger partial charge in [-0.3, -0.25) is 4.79 Å². The molecule has 0 spiro atoms. The van der Waals surface area contributed by atoms with E-state index in [1.807, 2.05) is 42.5 Å². The summed E-state index contributed by atoms with van der Waals surface area (Å²) in [7, 11) is 0. The Bertz CT molecular complexity index is 960. The van der Waals surface area contributed by atoms with Gasteiger partial charge in [-0.15, -0.1) is 0 Å². The van der Waals surface area contributed by atoms with Crippen LogP contribution in [0.25, 0.3) is 17.0 Å². The topological polar surface area (TPSA) is 65.1 Å². The zero-order valence-corrected chi connectivity index (χ0v) is 16.0. The first-order valence-electron chi connectivity index (χ1n) is 9.17. The summed E-state index contributed by atoms with van der Waals surface area (Å²) in [5, 5.41) is 12.9. The van der Waals surface area contributed by atoms with Crippen LogP contribution < -0.4 is 5.32 Å². The molecule has 0 unspecified atom stereocenters. The van der Waals surface area contributed by atoms with Crippen LogP contribution in [0, 0.1) is 0 Å². The van der Waals surface area contributed by atoms with E-state index in [1.165, 1.54) is 5.56 Å². The second-order valence-corrected chi connectivity index (χ2v) is 7.76. The van der Waals surface area contributed by atoms with Crippen molar-refractivity contribution in [2.24, 2.45) is 0 Å². The summed E-state index contributed by atoms with van der Waals surface area (Å²) in [5.41, 5.74) is 5.10. The lowest BCUT2D eigenvalue weighted by Crippen LogP contribution is -2.10. The number of fused-ring (bicyclic) bond motifs is 1. The fourth-order valence-corrected chi connectivity index (χ4v) is 2.98. The molecule has 0 saturated carbocycles. The number of carbonyl (C=O) groups excluding carboxylic acids is 1. The van der Waals surface area contributed by atoms with E-state index < -0.39 is 0 Å². The van der Waals surface area contributed by atoms with Gasteiger partial charge in [-0.25, -0.2) is 0 Å². The molecular formula is C23H26N2O2. The molecule has 0 aliphatic carbocycles. The van der Waals surface area contributed by atoms with Crippen LogP contribution in [0.1, 0.15) is 37.6 Å². The standard InChI is InChI=1S/C23H26N2O2/c1-23(2,3)18-7-4-16(5-8-18)6-11-22(27)25-19-9-10-21-17(14-19)15-20(24-21)12-13-26/h4-11,14-15,24,26H,12-13H2,1-3H3,(H,25,27)/b11-6+. The third-order valence-corrected chi connectivity index (χ3v) is 4.53. The van der Waals surface area contributed by atoms with Crippen molar-refractivity contribution < 1.29 is 9.90 Å². The highest BCUT2D eigenvalue weighted by atomic mass is 16.3. The smallest absolute Gasteiger partial charge is 0.248 e. The van der Waals surface area contributed by atoms with E-state index in [4.69, 9.17) is 5.11 Å². The molecule has 2 aromatic carbocycles. The number of H-pyrrole nitrogens is 1. The zero-order chi connectivity index (χ0) is 19.4. The number of hydrogen-bond acceptors (Lipinski definition) is 2. The van der Waals surface area contributed by atoms with Crippen molar-refractivity contribution in [2.75, 3.05) is 11.9 Å². The molecule has 3 aromatic rings. The summed E-state index contributed by atoms with van der Waals surface area (Å²) in [6.07, 6.45) is 3.95. The fraction of sp³-hybridized carbons (Fsp3) is 0.261. The Kier molecular flexibility index (Phi) is 5.47. The Balaban J connectivity index is 1.66. The quantitative estimate of drug-likeness (QED) is 0.578. The summed E-state index contributed by atoms with van der Waals surface area (Å²) in [6, 6.07) is 16.0. The Morgan fingerprint density at radius 2 is 1.85 bits per heavy atom. The van der Waals surface area contributed by atoms with Crippen LogP contribution in [-0.4, -0.2) is 22.6 Å². The van der Waals surface area contributed by atoms with E-state index in [-0.39, 0.29) is 17.9 Å². The van der Waals surface area contributed by atoms with Crippen molar-refractivity contribution in [3.8, 4) is 0 Å². The molecule has 1 aromatic heterocycles. The van der Waals surface area contributed by atoms with Gasteiger partial charge >= 0.3 is 0 Å². The first-order chi connectivity index (χ1) is 12.8. The molecule has 0 atom stereocenters. The minimum atomic E-state index is -0.166. The molecule has 0 aliphatic rings. The van der Waals surface area contributed by atoms with Gasteiger partial charge in [-0.05, 0) is 46.9 Å². The number of anilines is 1. The number of benzene rings is 2. The summed E-state index contributed by atoms with van der Waals surface area (Å²) >= 11 is 0. The largest absolute Gasteiger partial charge is 0.396 e. The number of aromatic amines is 1. The number of hydrogen-bond donors (Lipinski definition) is 3. The maximum atomic E-state index is 12.2. The van der Waals surface area contributed by atoms with Gasteiger partial charge in [0.2, 0.25) is 5.91 Å². The van der Waals surface area contributed by atoms with E-state index in [2.05, 4.69) is 43.2 Å². The molecule has 0 aliphatic heterocycles. The summed E-state index contributed by atoms with van der Waals surface area (Å²) in [6.45, 7) is 6.65. The second kappa shape index (κ2) is 7.80. The Morgan fingerprint density at radius 1 is 1.11 bits per heavy atom.